The van der Waals surface area contributed by atoms with Crippen LogP contribution in [0.15, 0.2) is 18.2 Å². The van der Waals surface area contributed by atoms with E-state index < -0.39 is 0 Å². The summed E-state index contributed by atoms with van der Waals surface area (Å²) < 4.78 is 0. The summed E-state index contributed by atoms with van der Waals surface area (Å²) in [5.74, 6) is 2.27. The zero-order valence-corrected chi connectivity index (χ0v) is 11.5. The van der Waals surface area contributed by atoms with E-state index in [1.165, 1.54) is 5.56 Å². The number of fused-ring (bicyclic) bond motifs is 1. The minimum Gasteiger partial charge on any atom is -0.342 e. The Balaban J connectivity index is 2.18. The van der Waals surface area contributed by atoms with Gasteiger partial charge in [0.2, 0.25) is 0 Å². The molecule has 0 fully saturated rings. The third-order valence-corrected chi connectivity index (χ3v) is 3.38. The van der Waals surface area contributed by atoms with Gasteiger partial charge in [-0.3, -0.25) is 0 Å². The number of H-pyrrole nitrogens is 1. The summed E-state index contributed by atoms with van der Waals surface area (Å²) in [5.41, 5.74) is 9.30. The van der Waals surface area contributed by atoms with Gasteiger partial charge in [-0.05, 0) is 43.4 Å². The van der Waals surface area contributed by atoms with Crippen molar-refractivity contribution in [2.24, 2.45) is 17.6 Å². The molecule has 0 aliphatic heterocycles. The summed E-state index contributed by atoms with van der Waals surface area (Å²) in [6.45, 7) is 7.31. The van der Waals surface area contributed by atoms with Crippen LogP contribution in [0.4, 0.5) is 0 Å². The molecule has 1 aromatic heterocycles. The monoisotopic (exact) mass is 245 g/mol. The number of hydrogen-bond donors (Lipinski definition) is 2. The van der Waals surface area contributed by atoms with Crippen molar-refractivity contribution in [1.29, 1.82) is 0 Å². The molecule has 0 aliphatic rings. The number of rotatable bonds is 5. The minimum atomic E-state index is 0.519. The van der Waals surface area contributed by atoms with E-state index in [0.717, 1.165) is 36.2 Å². The van der Waals surface area contributed by atoms with Crippen LogP contribution in [0, 0.1) is 18.8 Å². The van der Waals surface area contributed by atoms with Crippen LogP contribution < -0.4 is 5.73 Å². The Morgan fingerprint density at radius 1 is 1.33 bits per heavy atom. The first kappa shape index (κ1) is 13.1. The molecule has 1 unspecified atom stereocenters. The Hall–Kier alpha value is -1.35. The zero-order valence-electron chi connectivity index (χ0n) is 11.5. The molecule has 1 atom stereocenters. The molecular weight excluding hydrogens is 222 g/mol. The number of nitrogens with one attached hydrogen (secondary N) is 1. The number of nitrogens with zero attached hydrogens (tertiary/aromatic N) is 1. The molecule has 0 saturated heterocycles. The number of hydrogen-bond acceptors (Lipinski definition) is 2. The predicted molar refractivity (Wildman–Crippen MR) is 76.5 cm³/mol. The van der Waals surface area contributed by atoms with Crippen molar-refractivity contribution in [3.63, 3.8) is 0 Å². The number of nitrogens with two attached hydrogens (primary N) is 1. The molecule has 98 valence electrons. The first-order valence-corrected chi connectivity index (χ1v) is 6.74. The molecule has 2 rings (SSSR count). The number of aromatic amines is 1. The molecule has 0 bridgehead atoms. The van der Waals surface area contributed by atoms with Gasteiger partial charge in [0.15, 0.2) is 0 Å². The van der Waals surface area contributed by atoms with Gasteiger partial charge in [-0.2, -0.15) is 0 Å². The molecular formula is C15H23N3. The molecule has 1 aromatic carbocycles. The van der Waals surface area contributed by atoms with Gasteiger partial charge in [0, 0.05) is 6.42 Å². The van der Waals surface area contributed by atoms with Gasteiger partial charge in [-0.25, -0.2) is 4.98 Å². The number of imidazole rings is 1. The van der Waals surface area contributed by atoms with Crippen LogP contribution >= 0.6 is 0 Å². The molecule has 0 amide bonds. The van der Waals surface area contributed by atoms with E-state index in [1.807, 2.05) is 0 Å². The maximum atomic E-state index is 5.85. The van der Waals surface area contributed by atoms with Crippen molar-refractivity contribution in [2.75, 3.05) is 6.54 Å². The fraction of sp³-hybridized carbons (Fsp3) is 0.533. The largest absolute Gasteiger partial charge is 0.342 e. The van der Waals surface area contributed by atoms with Crippen LogP contribution in [0.1, 0.15) is 31.7 Å². The topological polar surface area (TPSA) is 54.7 Å². The average molecular weight is 245 g/mol. The van der Waals surface area contributed by atoms with Crippen LogP contribution in [-0.4, -0.2) is 16.5 Å². The van der Waals surface area contributed by atoms with Gasteiger partial charge >= 0.3 is 0 Å². The van der Waals surface area contributed by atoms with Gasteiger partial charge < -0.3 is 10.7 Å². The van der Waals surface area contributed by atoms with Crippen molar-refractivity contribution in [3.05, 3.63) is 29.6 Å². The average Bonchev–Trinajstić information content (AvgIpc) is 2.71. The first-order chi connectivity index (χ1) is 8.60. The lowest BCUT2D eigenvalue weighted by atomic mass is 9.94. The zero-order chi connectivity index (χ0) is 13.1. The van der Waals surface area contributed by atoms with E-state index in [1.54, 1.807) is 0 Å². The Morgan fingerprint density at radius 3 is 2.72 bits per heavy atom. The highest BCUT2D eigenvalue weighted by Crippen LogP contribution is 2.19. The molecule has 0 radical (unpaired) electrons. The highest BCUT2D eigenvalue weighted by atomic mass is 14.9. The maximum Gasteiger partial charge on any atom is 0.107 e. The summed E-state index contributed by atoms with van der Waals surface area (Å²) >= 11 is 0. The minimum absolute atomic E-state index is 0.519. The van der Waals surface area contributed by atoms with Gasteiger partial charge in [-0.1, -0.05) is 26.0 Å². The summed E-state index contributed by atoms with van der Waals surface area (Å²) in [5, 5.41) is 0. The molecule has 3 heteroatoms. The van der Waals surface area contributed by atoms with Crippen molar-refractivity contribution in [3.8, 4) is 0 Å². The van der Waals surface area contributed by atoms with Gasteiger partial charge in [0.1, 0.15) is 5.82 Å². The lowest BCUT2D eigenvalue weighted by Crippen LogP contribution is -2.19. The Morgan fingerprint density at radius 2 is 2.11 bits per heavy atom. The summed E-state index contributed by atoms with van der Waals surface area (Å²) in [7, 11) is 0. The standard InChI is InChI=1S/C15H23N3/c1-10(2)7-12(9-16)8-14-17-13-6-4-5-11(3)15(13)18-14/h4-6,10,12H,7-9,16H2,1-3H3,(H,17,18). The van der Waals surface area contributed by atoms with Crippen LogP contribution in [0.2, 0.25) is 0 Å². The second kappa shape index (κ2) is 5.53. The molecule has 2 aromatic rings. The van der Waals surface area contributed by atoms with Gasteiger partial charge in [0.25, 0.3) is 0 Å². The number of aromatic nitrogens is 2. The third-order valence-electron chi connectivity index (χ3n) is 3.38. The lowest BCUT2D eigenvalue weighted by molar-refractivity contribution is 0.410. The van der Waals surface area contributed by atoms with E-state index in [2.05, 4.69) is 44.0 Å². The van der Waals surface area contributed by atoms with Crippen LogP contribution in [0.3, 0.4) is 0 Å². The van der Waals surface area contributed by atoms with Crippen LogP contribution in [0.25, 0.3) is 11.0 Å². The van der Waals surface area contributed by atoms with Gasteiger partial charge in [0.05, 0.1) is 11.0 Å². The summed E-state index contributed by atoms with van der Waals surface area (Å²) in [4.78, 5) is 8.10. The maximum absolute atomic E-state index is 5.85. The Kier molecular flexibility index (Phi) is 4.02. The number of aryl methyl sites for hydroxylation is 1. The molecule has 1 heterocycles. The second-order valence-corrected chi connectivity index (χ2v) is 5.59. The summed E-state index contributed by atoms with van der Waals surface area (Å²) in [6, 6.07) is 6.24. The molecule has 3 nitrogen and oxygen atoms in total. The molecule has 18 heavy (non-hydrogen) atoms. The Labute approximate surface area is 109 Å². The van der Waals surface area contributed by atoms with E-state index in [0.29, 0.717) is 11.8 Å². The van der Waals surface area contributed by atoms with Crippen molar-refractivity contribution < 1.29 is 0 Å². The third kappa shape index (κ3) is 2.91. The highest BCUT2D eigenvalue weighted by Gasteiger charge is 2.13. The smallest absolute Gasteiger partial charge is 0.107 e. The lowest BCUT2D eigenvalue weighted by Gasteiger charge is -2.15. The predicted octanol–water partition coefficient (Wildman–Crippen LogP) is 3.03. The van der Waals surface area contributed by atoms with E-state index >= 15 is 0 Å². The summed E-state index contributed by atoms with van der Waals surface area (Å²) in [6.07, 6.45) is 2.11. The van der Waals surface area contributed by atoms with E-state index in [4.69, 9.17) is 10.7 Å². The number of para-hydroxylation sites is 1. The van der Waals surface area contributed by atoms with Gasteiger partial charge in [-0.15, -0.1) is 0 Å². The van der Waals surface area contributed by atoms with Crippen molar-refractivity contribution in [1.82, 2.24) is 9.97 Å². The van der Waals surface area contributed by atoms with Crippen LogP contribution in [0.5, 0.6) is 0 Å². The molecule has 3 N–H and O–H groups in total. The van der Waals surface area contributed by atoms with Crippen molar-refractivity contribution in [2.45, 2.75) is 33.6 Å². The SMILES string of the molecule is Cc1cccc2[nH]c(CC(CN)CC(C)C)nc12. The highest BCUT2D eigenvalue weighted by molar-refractivity contribution is 5.78. The second-order valence-electron chi connectivity index (χ2n) is 5.59. The normalized spacial score (nSPS) is 13.4. The van der Waals surface area contributed by atoms with Crippen LogP contribution in [-0.2, 0) is 6.42 Å². The molecule has 0 spiro atoms. The van der Waals surface area contributed by atoms with Crippen molar-refractivity contribution >= 4 is 11.0 Å². The number of benzene rings is 1. The molecule has 0 saturated carbocycles. The first-order valence-electron chi connectivity index (χ1n) is 6.74. The van der Waals surface area contributed by atoms with E-state index in [-0.39, 0.29) is 0 Å². The van der Waals surface area contributed by atoms with E-state index in [9.17, 15) is 0 Å². The molecule has 0 aliphatic carbocycles. The fourth-order valence-electron chi connectivity index (χ4n) is 2.53. The Bertz CT molecular complexity index is 513. The quantitative estimate of drug-likeness (QED) is 0.850. The fourth-order valence-corrected chi connectivity index (χ4v) is 2.53.